The molecule has 0 aliphatic carbocycles. The molecule has 0 aliphatic rings. The van der Waals surface area contributed by atoms with E-state index in [-0.39, 0.29) is 12.5 Å². The van der Waals surface area contributed by atoms with Gasteiger partial charge in [0, 0.05) is 4.88 Å². The van der Waals surface area contributed by atoms with Gasteiger partial charge in [-0.25, -0.2) is 4.79 Å². The number of fused-ring (bicyclic) bond motifs is 1. The van der Waals surface area contributed by atoms with Crippen LogP contribution in [0.5, 0.6) is 0 Å². The van der Waals surface area contributed by atoms with Gasteiger partial charge in [-0.15, -0.1) is 11.3 Å². The largest absolute Gasteiger partial charge is 0.464 e. The van der Waals surface area contributed by atoms with Crippen molar-refractivity contribution < 1.29 is 14.3 Å². The number of aryl methyl sites for hydroxylation is 2. The van der Waals surface area contributed by atoms with Crippen molar-refractivity contribution in [3.05, 3.63) is 51.5 Å². The van der Waals surface area contributed by atoms with Gasteiger partial charge in [-0.2, -0.15) is 0 Å². The van der Waals surface area contributed by atoms with Crippen LogP contribution in [0.4, 0.5) is 5.69 Å². The topological polar surface area (TPSA) is 60.3 Å². The molecular formula is C19H19ClN2O3S. The number of carbonyl (C=O) groups excluding carboxylic acids is 2. The first-order valence-corrected chi connectivity index (χ1v) is 9.38. The van der Waals surface area contributed by atoms with Gasteiger partial charge in [0.1, 0.15) is 12.2 Å². The van der Waals surface area contributed by atoms with Crippen LogP contribution in [0.3, 0.4) is 0 Å². The van der Waals surface area contributed by atoms with Gasteiger partial charge in [-0.05, 0) is 43.2 Å². The van der Waals surface area contributed by atoms with Crippen LogP contribution in [0.15, 0.2) is 30.3 Å². The zero-order chi connectivity index (χ0) is 18.8. The molecule has 0 atom stereocenters. The van der Waals surface area contributed by atoms with Gasteiger partial charge >= 0.3 is 5.97 Å². The number of hydrogen-bond acceptors (Lipinski definition) is 4. The molecule has 0 bridgehead atoms. The Morgan fingerprint density at radius 3 is 2.69 bits per heavy atom. The van der Waals surface area contributed by atoms with E-state index in [1.165, 1.54) is 12.0 Å². The average molecular weight is 391 g/mol. The first-order valence-electron chi connectivity index (χ1n) is 8.19. The number of esters is 1. The zero-order valence-corrected chi connectivity index (χ0v) is 16.3. The minimum atomic E-state index is -0.465. The minimum absolute atomic E-state index is 0.00196. The summed E-state index contributed by atoms with van der Waals surface area (Å²) in [5.74, 6) is -0.727. The highest BCUT2D eigenvalue weighted by atomic mass is 35.5. The van der Waals surface area contributed by atoms with Crippen molar-refractivity contribution in [1.82, 2.24) is 4.57 Å². The molecule has 1 aromatic carbocycles. The highest BCUT2D eigenvalue weighted by molar-refractivity contribution is 7.19. The Morgan fingerprint density at radius 1 is 1.27 bits per heavy atom. The molecular weight excluding hydrogens is 372 g/mol. The van der Waals surface area contributed by atoms with E-state index < -0.39 is 5.97 Å². The van der Waals surface area contributed by atoms with Crippen molar-refractivity contribution in [2.45, 2.75) is 26.8 Å². The quantitative estimate of drug-likeness (QED) is 0.645. The van der Waals surface area contributed by atoms with Crippen molar-refractivity contribution in [1.29, 1.82) is 0 Å². The molecule has 0 fully saturated rings. The Morgan fingerprint density at radius 2 is 2.04 bits per heavy atom. The van der Waals surface area contributed by atoms with Crippen LogP contribution in [0, 0.1) is 6.92 Å². The highest BCUT2D eigenvalue weighted by Gasteiger charge is 2.20. The molecule has 1 amide bonds. The van der Waals surface area contributed by atoms with Gasteiger partial charge in [0.2, 0.25) is 5.91 Å². The number of nitrogens with one attached hydrogen (secondary N) is 1. The van der Waals surface area contributed by atoms with E-state index in [0.717, 1.165) is 22.2 Å². The van der Waals surface area contributed by atoms with E-state index in [9.17, 15) is 9.59 Å². The van der Waals surface area contributed by atoms with Gasteiger partial charge in [0.05, 0.1) is 28.0 Å². The van der Waals surface area contributed by atoms with E-state index in [0.29, 0.717) is 16.4 Å². The maximum atomic E-state index is 12.6. The molecule has 0 saturated heterocycles. The lowest BCUT2D eigenvalue weighted by molar-refractivity contribution is -0.116. The van der Waals surface area contributed by atoms with Crippen LogP contribution in [0.2, 0.25) is 5.02 Å². The summed E-state index contributed by atoms with van der Waals surface area (Å²) in [6.07, 6.45) is 0.901. The molecule has 136 valence electrons. The number of benzene rings is 1. The van der Waals surface area contributed by atoms with Crippen LogP contribution < -0.4 is 5.32 Å². The lowest BCUT2D eigenvalue weighted by atomic mass is 10.2. The number of anilines is 1. The average Bonchev–Trinajstić information content (AvgIpc) is 3.15. The van der Waals surface area contributed by atoms with Gasteiger partial charge < -0.3 is 14.6 Å². The number of aromatic nitrogens is 1. The van der Waals surface area contributed by atoms with E-state index in [2.05, 4.69) is 12.2 Å². The third-order valence-corrected chi connectivity index (χ3v) is 5.61. The minimum Gasteiger partial charge on any atom is -0.464 e. The standard InChI is InChI=1S/C19H19ClN2O3S/c1-4-12-8-15-17(26-12)9-16(19(24)25-3)22(15)10-18(23)21-14-6-5-11(2)7-13(14)20/h5-9H,4,10H2,1-3H3,(H,21,23). The number of methoxy groups -OCH3 is 1. The predicted octanol–water partition coefficient (Wildman–Crippen LogP) is 4.65. The van der Waals surface area contributed by atoms with Crippen molar-refractivity contribution in [2.75, 3.05) is 12.4 Å². The zero-order valence-electron chi connectivity index (χ0n) is 14.8. The second kappa shape index (κ2) is 7.51. The summed E-state index contributed by atoms with van der Waals surface area (Å²) < 4.78 is 7.51. The SMILES string of the molecule is CCc1cc2c(cc(C(=O)OC)n2CC(=O)Nc2ccc(C)cc2Cl)s1. The van der Waals surface area contributed by atoms with Gasteiger partial charge in [0.15, 0.2) is 0 Å². The second-order valence-electron chi connectivity index (χ2n) is 5.95. The molecule has 0 aliphatic heterocycles. The molecule has 26 heavy (non-hydrogen) atoms. The lowest BCUT2D eigenvalue weighted by Crippen LogP contribution is -2.21. The van der Waals surface area contributed by atoms with Crippen molar-refractivity contribution in [3.8, 4) is 0 Å². The molecule has 2 aromatic heterocycles. The van der Waals surface area contributed by atoms with Crippen molar-refractivity contribution in [3.63, 3.8) is 0 Å². The number of ether oxygens (including phenoxy) is 1. The maximum absolute atomic E-state index is 12.6. The first kappa shape index (κ1) is 18.5. The summed E-state index contributed by atoms with van der Waals surface area (Å²) >= 11 is 7.80. The van der Waals surface area contributed by atoms with Crippen molar-refractivity contribution >= 4 is 50.7 Å². The number of thiophene rings is 1. The number of amides is 1. The molecule has 0 unspecified atom stereocenters. The number of halogens is 1. The van der Waals surface area contributed by atoms with E-state index in [1.54, 1.807) is 34.1 Å². The molecule has 0 spiro atoms. The summed E-state index contributed by atoms with van der Waals surface area (Å²) in [7, 11) is 1.33. The van der Waals surface area contributed by atoms with Crippen LogP contribution >= 0.6 is 22.9 Å². The van der Waals surface area contributed by atoms with Crippen molar-refractivity contribution in [2.24, 2.45) is 0 Å². The molecule has 0 saturated carbocycles. The first-order chi connectivity index (χ1) is 12.4. The summed E-state index contributed by atoms with van der Waals surface area (Å²) in [5.41, 5.74) is 2.78. The Hall–Kier alpha value is -2.31. The van der Waals surface area contributed by atoms with Gasteiger partial charge in [0.25, 0.3) is 0 Å². The molecule has 3 aromatic rings. The van der Waals surface area contributed by atoms with Crippen LogP contribution in [-0.4, -0.2) is 23.6 Å². The highest BCUT2D eigenvalue weighted by Crippen LogP contribution is 2.30. The smallest absolute Gasteiger partial charge is 0.354 e. The summed E-state index contributed by atoms with van der Waals surface area (Å²) in [6.45, 7) is 4.00. The second-order valence-corrected chi connectivity index (χ2v) is 7.53. The molecule has 2 heterocycles. The fraction of sp³-hybridized carbons (Fsp3) is 0.263. The third-order valence-electron chi connectivity index (χ3n) is 4.08. The summed E-state index contributed by atoms with van der Waals surface area (Å²) in [5, 5.41) is 3.28. The fourth-order valence-electron chi connectivity index (χ4n) is 2.77. The van der Waals surface area contributed by atoms with E-state index in [1.807, 2.05) is 19.1 Å². The normalized spacial score (nSPS) is 10.9. The lowest BCUT2D eigenvalue weighted by Gasteiger charge is -2.11. The molecule has 5 nitrogen and oxygen atoms in total. The number of nitrogens with zero attached hydrogens (tertiary/aromatic N) is 1. The van der Waals surface area contributed by atoms with Crippen LogP contribution in [-0.2, 0) is 22.5 Å². The molecule has 0 radical (unpaired) electrons. The molecule has 7 heteroatoms. The van der Waals surface area contributed by atoms with E-state index in [4.69, 9.17) is 16.3 Å². The van der Waals surface area contributed by atoms with E-state index >= 15 is 0 Å². The fourth-order valence-corrected chi connectivity index (χ4v) is 4.09. The number of rotatable bonds is 5. The maximum Gasteiger partial charge on any atom is 0.354 e. The Bertz CT molecular complexity index is 990. The van der Waals surface area contributed by atoms with Gasteiger partial charge in [-0.3, -0.25) is 4.79 Å². The number of carbonyl (C=O) groups is 2. The number of hydrogen-bond donors (Lipinski definition) is 1. The Kier molecular flexibility index (Phi) is 5.34. The third kappa shape index (κ3) is 3.61. The van der Waals surface area contributed by atoms with Crippen LogP contribution in [0.1, 0.15) is 27.9 Å². The summed E-state index contributed by atoms with van der Waals surface area (Å²) in [6, 6.07) is 9.22. The predicted molar refractivity (Wildman–Crippen MR) is 105 cm³/mol. The monoisotopic (exact) mass is 390 g/mol. The summed E-state index contributed by atoms with van der Waals surface area (Å²) in [4.78, 5) is 25.9. The molecule has 1 N–H and O–H groups in total. The van der Waals surface area contributed by atoms with Gasteiger partial charge in [-0.1, -0.05) is 24.6 Å². The van der Waals surface area contributed by atoms with Crippen LogP contribution in [0.25, 0.3) is 10.2 Å². The molecule has 3 rings (SSSR count). The Labute approximate surface area is 160 Å². The Balaban J connectivity index is 1.91.